The standard InChI is InChI=1S/C17H24N2O2/c1-2-5-13(4-1)19-10-11-20-17-15(19)7-8-16(17)21-14-6-3-9-18-12-14/h3,6,9,12-13,15-17H,1-2,4-5,7-8,10-11H2/t15-,16+,17+/m0/s1. The molecule has 2 heterocycles. The van der Waals surface area contributed by atoms with E-state index in [1.807, 2.05) is 12.1 Å². The van der Waals surface area contributed by atoms with Gasteiger partial charge < -0.3 is 9.47 Å². The normalized spacial score (nSPS) is 34.0. The maximum Gasteiger partial charge on any atom is 0.138 e. The van der Waals surface area contributed by atoms with Gasteiger partial charge in [-0.1, -0.05) is 12.8 Å². The molecule has 0 spiro atoms. The van der Waals surface area contributed by atoms with E-state index < -0.39 is 0 Å². The number of pyridine rings is 1. The minimum atomic E-state index is 0.184. The first-order valence-corrected chi connectivity index (χ1v) is 8.36. The van der Waals surface area contributed by atoms with Gasteiger partial charge in [-0.05, 0) is 37.8 Å². The lowest BCUT2D eigenvalue weighted by molar-refractivity contribution is -0.100. The molecule has 4 nitrogen and oxygen atoms in total. The van der Waals surface area contributed by atoms with E-state index in [0.29, 0.717) is 6.04 Å². The van der Waals surface area contributed by atoms with Crippen LogP contribution in [0, 0.1) is 0 Å². The molecular weight excluding hydrogens is 264 g/mol. The Morgan fingerprint density at radius 2 is 2.10 bits per heavy atom. The molecule has 3 atom stereocenters. The SMILES string of the molecule is c1cncc(O[C@@H]2CC[C@H]3[C@H]2OCCN3C2CCCC2)c1. The summed E-state index contributed by atoms with van der Waals surface area (Å²) >= 11 is 0. The van der Waals surface area contributed by atoms with E-state index in [1.54, 1.807) is 12.4 Å². The van der Waals surface area contributed by atoms with E-state index in [0.717, 1.165) is 31.4 Å². The van der Waals surface area contributed by atoms with Crippen LogP contribution in [0.5, 0.6) is 5.75 Å². The van der Waals surface area contributed by atoms with E-state index in [9.17, 15) is 0 Å². The van der Waals surface area contributed by atoms with Crippen molar-refractivity contribution in [2.75, 3.05) is 13.2 Å². The second-order valence-corrected chi connectivity index (χ2v) is 6.50. The summed E-state index contributed by atoms with van der Waals surface area (Å²) in [7, 11) is 0. The Morgan fingerprint density at radius 1 is 1.19 bits per heavy atom. The molecule has 0 radical (unpaired) electrons. The average molecular weight is 288 g/mol. The van der Waals surface area contributed by atoms with Crippen molar-refractivity contribution in [2.24, 2.45) is 0 Å². The molecule has 0 aromatic carbocycles. The highest BCUT2D eigenvalue weighted by Crippen LogP contribution is 2.36. The van der Waals surface area contributed by atoms with Gasteiger partial charge in [0.2, 0.25) is 0 Å². The number of ether oxygens (including phenoxy) is 2. The molecule has 3 aliphatic rings. The van der Waals surface area contributed by atoms with Gasteiger partial charge in [0.05, 0.1) is 12.8 Å². The average Bonchev–Trinajstić information content (AvgIpc) is 3.18. The van der Waals surface area contributed by atoms with E-state index in [-0.39, 0.29) is 12.2 Å². The first-order chi connectivity index (χ1) is 10.4. The van der Waals surface area contributed by atoms with Crippen LogP contribution >= 0.6 is 0 Å². The molecule has 2 aliphatic carbocycles. The van der Waals surface area contributed by atoms with Crippen molar-refractivity contribution < 1.29 is 9.47 Å². The molecule has 1 saturated heterocycles. The Bertz CT molecular complexity index is 461. The monoisotopic (exact) mass is 288 g/mol. The van der Waals surface area contributed by atoms with Crippen molar-refractivity contribution in [1.82, 2.24) is 9.88 Å². The van der Waals surface area contributed by atoms with Crippen molar-refractivity contribution in [1.29, 1.82) is 0 Å². The summed E-state index contributed by atoms with van der Waals surface area (Å²) in [4.78, 5) is 6.86. The first kappa shape index (κ1) is 13.5. The minimum Gasteiger partial charge on any atom is -0.486 e. The molecule has 1 aromatic heterocycles. The van der Waals surface area contributed by atoms with Gasteiger partial charge in [0.1, 0.15) is 18.0 Å². The van der Waals surface area contributed by atoms with Gasteiger partial charge in [0, 0.05) is 24.8 Å². The Kier molecular flexibility index (Phi) is 3.82. The Morgan fingerprint density at radius 3 is 2.90 bits per heavy atom. The van der Waals surface area contributed by atoms with Gasteiger partial charge >= 0.3 is 0 Å². The summed E-state index contributed by atoms with van der Waals surface area (Å²) in [6.45, 7) is 1.95. The fraction of sp³-hybridized carbons (Fsp3) is 0.706. The third-order valence-electron chi connectivity index (χ3n) is 5.29. The van der Waals surface area contributed by atoms with Crippen LogP contribution in [0.15, 0.2) is 24.5 Å². The van der Waals surface area contributed by atoms with E-state index in [4.69, 9.17) is 9.47 Å². The smallest absolute Gasteiger partial charge is 0.138 e. The fourth-order valence-corrected chi connectivity index (χ4v) is 4.35. The summed E-state index contributed by atoms with van der Waals surface area (Å²) in [6.07, 6.45) is 11.8. The Labute approximate surface area is 126 Å². The van der Waals surface area contributed by atoms with Crippen LogP contribution in [0.3, 0.4) is 0 Å². The topological polar surface area (TPSA) is 34.6 Å². The second kappa shape index (κ2) is 5.93. The number of aromatic nitrogens is 1. The van der Waals surface area contributed by atoms with Gasteiger partial charge in [0.15, 0.2) is 0 Å². The summed E-state index contributed by atoms with van der Waals surface area (Å²) in [5.41, 5.74) is 0. The molecule has 2 saturated carbocycles. The maximum absolute atomic E-state index is 6.14. The molecule has 0 amide bonds. The molecular formula is C17H24N2O2. The highest BCUT2D eigenvalue weighted by atomic mass is 16.5. The molecule has 0 N–H and O–H groups in total. The molecule has 3 fully saturated rings. The zero-order chi connectivity index (χ0) is 14.1. The quantitative estimate of drug-likeness (QED) is 0.856. The molecule has 4 rings (SSSR count). The van der Waals surface area contributed by atoms with Crippen molar-refractivity contribution in [3.05, 3.63) is 24.5 Å². The van der Waals surface area contributed by atoms with Crippen molar-refractivity contribution in [2.45, 2.75) is 62.8 Å². The Hall–Kier alpha value is -1.13. The van der Waals surface area contributed by atoms with Crippen molar-refractivity contribution in [3.63, 3.8) is 0 Å². The van der Waals surface area contributed by atoms with Gasteiger partial charge in [-0.15, -0.1) is 0 Å². The molecule has 21 heavy (non-hydrogen) atoms. The summed E-state index contributed by atoms with van der Waals surface area (Å²) in [5, 5.41) is 0. The largest absolute Gasteiger partial charge is 0.486 e. The predicted molar refractivity (Wildman–Crippen MR) is 80.4 cm³/mol. The molecule has 114 valence electrons. The van der Waals surface area contributed by atoms with Gasteiger partial charge in [-0.25, -0.2) is 0 Å². The lowest BCUT2D eigenvalue weighted by Gasteiger charge is -2.42. The first-order valence-electron chi connectivity index (χ1n) is 8.36. The Balaban J connectivity index is 1.45. The number of nitrogens with zero attached hydrogens (tertiary/aromatic N) is 2. The minimum absolute atomic E-state index is 0.184. The van der Waals surface area contributed by atoms with Crippen LogP contribution in [0.25, 0.3) is 0 Å². The molecule has 1 aliphatic heterocycles. The van der Waals surface area contributed by atoms with Crippen LogP contribution in [0.2, 0.25) is 0 Å². The third-order valence-corrected chi connectivity index (χ3v) is 5.29. The number of hydrogen-bond donors (Lipinski definition) is 0. The van der Waals surface area contributed by atoms with Gasteiger partial charge in [-0.2, -0.15) is 0 Å². The lowest BCUT2D eigenvalue weighted by atomic mass is 10.1. The van der Waals surface area contributed by atoms with Crippen LogP contribution < -0.4 is 4.74 Å². The maximum atomic E-state index is 6.14. The van der Waals surface area contributed by atoms with Crippen molar-refractivity contribution >= 4 is 0 Å². The number of morpholine rings is 1. The molecule has 1 aromatic rings. The van der Waals surface area contributed by atoms with Crippen molar-refractivity contribution in [3.8, 4) is 5.75 Å². The van der Waals surface area contributed by atoms with Crippen LogP contribution in [-0.2, 0) is 4.74 Å². The summed E-state index contributed by atoms with van der Waals surface area (Å²) in [6, 6.07) is 5.26. The number of fused-ring (bicyclic) bond motifs is 1. The second-order valence-electron chi connectivity index (χ2n) is 6.50. The number of hydrogen-bond acceptors (Lipinski definition) is 4. The van der Waals surface area contributed by atoms with Crippen LogP contribution in [0.1, 0.15) is 38.5 Å². The summed E-state index contributed by atoms with van der Waals surface area (Å²) < 4.78 is 12.2. The third kappa shape index (κ3) is 2.67. The van der Waals surface area contributed by atoms with E-state index in [2.05, 4.69) is 9.88 Å². The predicted octanol–water partition coefficient (Wildman–Crippen LogP) is 2.63. The highest BCUT2D eigenvalue weighted by molar-refractivity contribution is 5.17. The zero-order valence-corrected chi connectivity index (χ0v) is 12.5. The highest BCUT2D eigenvalue weighted by Gasteiger charge is 2.46. The van der Waals surface area contributed by atoms with Gasteiger partial charge in [-0.3, -0.25) is 9.88 Å². The van der Waals surface area contributed by atoms with Gasteiger partial charge in [0.25, 0.3) is 0 Å². The van der Waals surface area contributed by atoms with Crippen LogP contribution in [0.4, 0.5) is 0 Å². The fourth-order valence-electron chi connectivity index (χ4n) is 4.35. The molecule has 4 heteroatoms. The number of rotatable bonds is 3. The molecule has 0 bridgehead atoms. The van der Waals surface area contributed by atoms with Crippen LogP contribution in [-0.4, -0.2) is 47.3 Å². The molecule has 0 unspecified atom stereocenters. The van der Waals surface area contributed by atoms with E-state index in [1.165, 1.54) is 32.1 Å². The zero-order valence-electron chi connectivity index (χ0n) is 12.5. The van der Waals surface area contributed by atoms with E-state index >= 15 is 0 Å². The summed E-state index contributed by atoms with van der Waals surface area (Å²) in [5.74, 6) is 0.865. The lowest BCUT2D eigenvalue weighted by Crippen LogP contribution is -2.55.